The summed E-state index contributed by atoms with van der Waals surface area (Å²) in [6, 6.07) is -0.847. The highest BCUT2D eigenvalue weighted by molar-refractivity contribution is 7.47. The topological polar surface area (TPSA) is 111 Å². The van der Waals surface area contributed by atoms with Crippen molar-refractivity contribution in [2.24, 2.45) is 0 Å². The lowest BCUT2D eigenvalue weighted by Gasteiger charge is -2.27. The van der Waals surface area contributed by atoms with Crippen molar-refractivity contribution >= 4 is 19.7 Å². The molecule has 68 heavy (non-hydrogen) atoms. The molecule has 402 valence electrons. The smallest absolute Gasteiger partial charge is 0.456 e. The fourth-order valence-electron chi connectivity index (χ4n) is 8.58. The van der Waals surface area contributed by atoms with Crippen molar-refractivity contribution in [3.05, 3.63) is 24.3 Å². The van der Waals surface area contributed by atoms with Crippen LogP contribution >= 0.6 is 7.82 Å². The molecule has 10 heteroatoms. The number of hydrogen-bond donors (Lipinski definition) is 2. The van der Waals surface area contributed by atoms with Crippen LogP contribution in [0.1, 0.15) is 284 Å². The lowest BCUT2D eigenvalue weighted by molar-refractivity contribution is -0.870. The van der Waals surface area contributed by atoms with Gasteiger partial charge < -0.3 is 19.4 Å². The van der Waals surface area contributed by atoms with Gasteiger partial charge in [0, 0.05) is 12.8 Å². The molecule has 0 aliphatic rings. The van der Waals surface area contributed by atoms with Gasteiger partial charge in [-0.2, -0.15) is 0 Å². The van der Waals surface area contributed by atoms with Crippen LogP contribution in [0.15, 0.2) is 24.3 Å². The number of allylic oxidation sites excluding steroid dienone is 3. The summed E-state index contributed by atoms with van der Waals surface area (Å²) in [4.78, 5) is 37.6. The number of ether oxygens (including phenoxy) is 1. The van der Waals surface area contributed by atoms with Crippen LogP contribution in [0.2, 0.25) is 0 Å². The third-order valence-electron chi connectivity index (χ3n) is 13.1. The number of carbonyl (C=O) groups excluding carboxylic acids is 2. The number of quaternary nitrogens is 1. The molecule has 0 saturated carbocycles. The van der Waals surface area contributed by atoms with Gasteiger partial charge >= 0.3 is 13.8 Å². The van der Waals surface area contributed by atoms with E-state index in [2.05, 4.69) is 38.2 Å². The van der Waals surface area contributed by atoms with Gasteiger partial charge in [0.25, 0.3) is 0 Å². The molecule has 0 spiro atoms. The molecule has 0 aliphatic heterocycles. The molecule has 1 amide bonds. The Hall–Kier alpha value is -1.51. The number of phosphoric acid groups is 1. The highest BCUT2D eigenvalue weighted by Crippen LogP contribution is 2.43. The first-order chi connectivity index (χ1) is 32.9. The minimum absolute atomic E-state index is 0.0414. The molecule has 0 rings (SSSR count). The maximum atomic E-state index is 13.5. The van der Waals surface area contributed by atoms with Crippen molar-refractivity contribution in [1.82, 2.24) is 5.32 Å². The van der Waals surface area contributed by atoms with E-state index in [1.54, 1.807) is 0 Å². The lowest BCUT2D eigenvalue weighted by Crippen LogP contribution is -2.47. The summed E-state index contributed by atoms with van der Waals surface area (Å²) in [6.45, 7) is 7.02. The molecule has 0 heterocycles. The Balaban J connectivity index is 5.35. The van der Waals surface area contributed by atoms with Crippen molar-refractivity contribution in [3.63, 3.8) is 0 Å². The number of unbranched alkanes of at least 4 members (excludes halogenated alkanes) is 35. The highest BCUT2D eigenvalue weighted by Gasteiger charge is 2.30. The predicted molar refractivity (Wildman–Crippen MR) is 291 cm³/mol. The van der Waals surface area contributed by atoms with Gasteiger partial charge in [-0.3, -0.25) is 18.6 Å². The first-order valence-corrected chi connectivity index (χ1v) is 30.7. The zero-order valence-electron chi connectivity index (χ0n) is 45.9. The van der Waals surface area contributed by atoms with Crippen molar-refractivity contribution in [3.8, 4) is 0 Å². The van der Waals surface area contributed by atoms with Crippen LogP contribution in [0.3, 0.4) is 0 Å². The Morgan fingerprint density at radius 2 is 0.853 bits per heavy atom. The Kier molecular flexibility index (Phi) is 48.0. The fraction of sp³-hybridized carbons (Fsp3) is 0.897. The van der Waals surface area contributed by atoms with E-state index in [9.17, 15) is 19.0 Å². The number of amides is 1. The zero-order valence-corrected chi connectivity index (χ0v) is 46.8. The number of nitrogens with zero attached hydrogens (tertiary/aromatic N) is 1. The summed E-state index contributed by atoms with van der Waals surface area (Å²) in [7, 11) is 1.50. The van der Waals surface area contributed by atoms with E-state index in [1.807, 2.05) is 33.3 Å². The number of hydrogen-bond acceptors (Lipinski definition) is 6. The summed E-state index contributed by atoms with van der Waals surface area (Å²) in [5, 5.41) is 3.05. The van der Waals surface area contributed by atoms with Gasteiger partial charge in [-0.1, -0.05) is 238 Å². The van der Waals surface area contributed by atoms with Crippen molar-refractivity contribution in [2.75, 3.05) is 40.9 Å². The third kappa shape index (κ3) is 49.5. The monoisotopic (exact) mass is 982 g/mol. The van der Waals surface area contributed by atoms with Crippen LogP contribution < -0.4 is 5.32 Å². The van der Waals surface area contributed by atoms with E-state index in [4.69, 9.17) is 13.8 Å². The average Bonchev–Trinajstić information content (AvgIpc) is 3.29. The largest absolute Gasteiger partial charge is 0.472 e. The summed E-state index contributed by atoms with van der Waals surface area (Å²) in [5.41, 5.74) is 0. The Morgan fingerprint density at radius 3 is 1.26 bits per heavy atom. The second-order valence-corrected chi connectivity index (χ2v) is 22.6. The number of likely N-dealkylation sites (N-methyl/N-ethyl adjacent to an activating group) is 1. The SMILES string of the molecule is CCCCCCCC/C=C\CCCCCC(=O)OC(/C=C/CCCCCCCCCCCCC)C(COP(=O)(O)OCC[N+](C)(C)C)NC(=O)CCCCCCCCCCCCCCCCCC. The number of esters is 1. The van der Waals surface area contributed by atoms with Crippen LogP contribution in [0.25, 0.3) is 0 Å². The molecular formula is C58H114N2O7P+. The molecule has 0 aliphatic carbocycles. The maximum Gasteiger partial charge on any atom is 0.472 e. The van der Waals surface area contributed by atoms with Gasteiger partial charge in [0.2, 0.25) is 5.91 Å². The second-order valence-electron chi connectivity index (χ2n) is 21.2. The Labute approximate surface area is 422 Å². The van der Waals surface area contributed by atoms with Gasteiger partial charge in [-0.25, -0.2) is 4.57 Å². The van der Waals surface area contributed by atoms with Crippen LogP contribution in [0.5, 0.6) is 0 Å². The van der Waals surface area contributed by atoms with Crippen LogP contribution in [-0.4, -0.2) is 74.3 Å². The van der Waals surface area contributed by atoms with E-state index >= 15 is 0 Å². The van der Waals surface area contributed by atoms with E-state index in [0.29, 0.717) is 17.4 Å². The third-order valence-corrected chi connectivity index (χ3v) is 14.1. The minimum atomic E-state index is -4.44. The number of rotatable bonds is 53. The molecule has 0 bridgehead atoms. The van der Waals surface area contributed by atoms with Gasteiger partial charge in [-0.05, 0) is 57.4 Å². The molecule has 0 aromatic carbocycles. The molecule has 0 saturated heterocycles. The maximum absolute atomic E-state index is 13.5. The summed E-state index contributed by atoms with van der Waals surface area (Å²) < 4.78 is 30.6. The van der Waals surface area contributed by atoms with Crippen molar-refractivity contribution in [1.29, 1.82) is 0 Å². The van der Waals surface area contributed by atoms with E-state index in [-0.39, 0.29) is 31.5 Å². The Bertz CT molecular complexity index is 1220. The molecule has 0 aromatic heterocycles. The van der Waals surface area contributed by atoms with Crippen molar-refractivity contribution < 1.29 is 37.3 Å². The van der Waals surface area contributed by atoms with Gasteiger partial charge in [0.15, 0.2) is 0 Å². The van der Waals surface area contributed by atoms with Gasteiger partial charge in [0.1, 0.15) is 19.3 Å². The van der Waals surface area contributed by atoms with Gasteiger partial charge in [-0.15, -0.1) is 0 Å². The zero-order chi connectivity index (χ0) is 50.1. The van der Waals surface area contributed by atoms with E-state index < -0.39 is 20.0 Å². The number of phosphoric ester groups is 1. The lowest BCUT2D eigenvalue weighted by atomic mass is 10.0. The number of nitrogens with one attached hydrogen (secondary N) is 1. The molecule has 3 unspecified atom stereocenters. The molecule has 0 fully saturated rings. The van der Waals surface area contributed by atoms with Crippen LogP contribution in [-0.2, 0) is 27.9 Å². The highest BCUT2D eigenvalue weighted by atomic mass is 31.2. The molecule has 3 atom stereocenters. The van der Waals surface area contributed by atoms with E-state index in [0.717, 1.165) is 70.6 Å². The molecule has 9 nitrogen and oxygen atoms in total. The Morgan fingerprint density at radius 1 is 0.500 bits per heavy atom. The summed E-state index contributed by atoms with van der Waals surface area (Å²) in [6.07, 6.45) is 55.9. The van der Waals surface area contributed by atoms with Crippen LogP contribution in [0, 0.1) is 0 Å². The second kappa shape index (κ2) is 49.1. The first-order valence-electron chi connectivity index (χ1n) is 29.2. The van der Waals surface area contributed by atoms with Crippen molar-refractivity contribution in [2.45, 2.75) is 296 Å². The standard InChI is InChI=1S/C58H113N2O7P/c1-7-10-13-16-19-22-25-28-29-30-33-35-38-41-44-47-50-57(61)59-55(54-66-68(63,64)65-53-52-60(4,5)6)56(49-46-43-40-37-34-31-26-23-20-17-14-11-8-2)67-58(62)51-48-45-42-39-36-32-27-24-21-18-15-12-9-3/h32,36,46,49,55-56H,7-31,33-35,37-45,47-48,50-54H2,1-6H3,(H-,59,61,63,64)/p+1/b36-32-,49-46+. The minimum Gasteiger partial charge on any atom is -0.456 e. The summed E-state index contributed by atoms with van der Waals surface area (Å²) >= 11 is 0. The quantitative estimate of drug-likeness (QED) is 0.0205. The molecule has 0 radical (unpaired) electrons. The van der Waals surface area contributed by atoms with Gasteiger partial charge in [0.05, 0.1) is 33.8 Å². The number of carbonyl (C=O) groups is 2. The average molecular weight is 983 g/mol. The van der Waals surface area contributed by atoms with Crippen LogP contribution in [0.4, 0.5) is 0 Å². The molecule has 2 N–H and O–H groups in total. The molecular weight excluding hydrogens is 868 g/mol. The first kappa shape index (κ1) is 66.5. The summed E-state index contributed by atoms with van der Waals surface area (Å²) in [5.74, 6) is -0.511. The normalized spacial score (nSPS) is 13.9. The predicted octanol–water partition coefficient (Wildman–Crippen LogP) is 17.4. The molecule has 0 aromatic rings. The van der Waals surface area contributed by atoms with E-state index in [1.165, 1.54) is 180 Å². The fourth-order valence-corrected chi connectivity index (χ4v) is 9.32.